The SMILES string of the molecule is CC(=O)c1cc(C#N)ccc1B1OC(C)(C)C(C)(C)O1. The molecule has 20 heavy (non-hydrogen) atoms. The minimum Gasteiger partial charge on any atom is -0.399 e. The largest absolute Gasteiger partial charge is 0.495 e. The number of Topliss-reactive ketones (excluding diaryl/α,β-unsaturated/α-hetero) is 1. The molecule has 1 heterocycles. The highest BCUT2D eigenvalue weighted by Crippen LogP contribution is 2.36. The molecule has 0 bridgehead atoms. The Morgan fingerprint density at radius 2 is 1.75 bits per heavy atom. The van der Waals surface area contributed by atoms with Crippen LogP contribution in [0.25, 0.3) is 0 Å². The first-order chi connectivity index (χ1) is 9.18. The zero-order chi connectivity index (χ0) is 15.1. The van der Waals surface area contributed by atoms with Gasteiger partial charge < -0.3 is 9.31 Å². The number of rotatable bonds is 2. The molecule has 104 valence electrons. The Kier molecular flexibility index (Phi) is 3.49. The highest BCUT2D eigenvalue weighted by molar-refractivity contribution is 6.63. The smallest absolute Gasteiger partial charge is 0.399 e. The summed E-state index contributed by atoms with van der Waals surface area (Å²) in [4.78, 5) is 11.8. The molecule has 0 amide bonds. The average molecular weight is 271 g/mol. The van der Waals surface area contributed by atoms with Crippen LogP contribution in [0.4, 0.5) is 0 Å². The lowest BCUT2D eigenvalue weighted by molar-refractivity contribution is 0.00578. The van der Waals surface area contributed by atoms with E-state index < -0.39 is 18.3 Å². The third-order valence-electron chi connectivity index (χ3n) is 4.07. The molecule has 0 spiro atoms. The van der Waals surface area contributed by atoms with Crippen LogP contribution in [0.3, 0.4) is 0 Å². The minimum atomic E-state index is -0.591. The van der Waals surface area contributed by atoms with Gasteiger partial charge in [0.2, 0.25) is 0 Å². The Labute approximate surface area is 119 Å². The molecule has 0 saturated carbocycles. The number of ketones is 1. The Hall–Kier alpha value is -1.64. The molecule has 5 heteroatoms. The van der Waals surface area contributed by atoms with Crippen molar-refractivity contribution in [2.75, 3.05) is 0 Å². The highest BCUT2D eigenvalue weighted by atomic mass is 16.7. The Balaban J connectivity index is 2.45. The summed E-state index contributed by atoms with van der Waals surface area (Å²) in [6.07, 6.45) is 0. The van der Waals surface area contributed by atoms with Crippen LogP contribution in [0.5, 0.6) is 0 Å². The third-order valence-corrected chi connectivity index (χ3v) is 4.07. The molecule has 4 nitrogen and oxygen atoms in total. The molecule has 0 radical (unpaired) electrons. The predicted molar refractivity (Wildman–Crippen MR) is 76.9 cm³/mol. The van der Waals surface area contributed by atoms with Gasteiger partial charge in [0.1, 0.15) is 0 Å². The number of nitriles is 1. The van der Waals surface area contributed by atoms with E-state index in [2.05, 4.69) is 0 Å². The van der Waals surface area contributed by atoms with Gasteiger partial charge in [0.05, 0.1) is 22.8 Å². The van der Waals surface area contributed by atoms with Crippen LogP contribution in [-0.2, 0) is 9.31 Å². The fourth-order valence-electron chi connectivity index (χ4n) is 2.11. The van der Waals surface area contributed by atoms with Crippen molar-refractivity contribution in [1.29, 1.82) is 5.26 Å². The second-order valence-electron chi connectivity index (χ2n) is 6.06. The lowest BCUT2D eigenvalue weighted by Crippen LogP contribution is -2.41. The van der Waals surface area contributed by atoms with Gasteiger partial charge in [-0.2, -0.15) is 5.26 Å². The number of nitrogens with zero attached hydrogens (tertiary/aromatic N) is 1. The Bertz CT molecular complexity index is 586. The van der Waals surface area contributed by atoms with Crippen molar-refractivity contribution >= 4 is 18.4 Å². The molecular formula is C15H18BNO3. The monoisotopic (exact) mass is 271 g/mol. The fraction of sp³-hybridized carbons (Fsp3) is 0.467. The van der Waals surface area contributed by atoms with Gasteiger partial charge in [0.25, 0.3) is 0 Å². The van der Waals surface area contributed by atoms with Crippen LogP contribution in [0.2, 0.25) is 0 Å². The zero-order valence-corrected chi connectivity index (χ0v) is 12.5. The molecule has 1 aromatic rings. The lowest BCUT2D eigenvalue weighted by Gasteiger charge is -2.32. The van der Waals surface area contributed by atoms with Crippen molar-refractivity contribution in [3.05, 3.63) is 29.3 Å². The Morgan fingerprint density at radius 1 is 1.20 bits per heavy atom. The second kappa shape index (κ2) is 4.73. The maximum atomic E-state index is 11.8. The van der Waals surface area contributed by atoms with Gasteiger partial charge in [-0.25, -0.2) is 0 Å². The van der Waals surface area contributed by atoms with Crippen LogP contribution in [-0.4, -0.2) is 24.1 Å². The topological polar surface area (TPSA) is 59.3 Å². The summed E-state index contributed by atoms with van der Waals surface area (Å²) < 4.78 is 11.9. The van der Waals surface area contributed by atoms with Crippen LogP contribution in [0, 0.1) is 11.3 Å². The van der Waals surface area contributed by atoms with Crippen molar-refractivity contribution in [3.63, 3.8) is 0 Å². The van der Waals surface area contributed by atoms with E-state index in [1.165, 1.54) is 6.92 Å². The molecule has 1 aliphatic rings. The summed E-state index contributed by atoms with van der Waals surface area (Å²) in [6.45, 7) is 9.33. The van der Waals surface area contributed by atoms with Gasteiger partial charge in [0, 0.05) is 5.56 Å². The average Bonchev–Trinajstić information content (AvgIpc) is 2.57. The van der Waals surface area contributed by atoms with Crippen molar-refractivity contribution in [2.24, 2.45) is 0 Å². The molecule has 0 atom stereocenters. The number of carbonyl (C=O) groups is 1. The van der Waals surface area contributed by atoms with E-state index in [1.54, 1.807) is 18.2 Å². The lowest BCUT2D eigenvalue weighted by atomic mass is 9.74. The summed E-state index contributed by atoms with van der Waals surface area (Å²) in [5.74, 6) is -0.105. The fourth-order valence-corrected chi connectivity index (χ4v) is 2.11. The van der Waals surface area contributed by atoms with E-state index in [0.29, 0.717) is 16.6 Å². The summed E-state index contributed by atoms with van der Waals surface area (Å²) in [5.41, 5.74) is 0.687. The second-order valence-corrected chi connectivity index (χ2v) is 6.06. The molecule has 1 saturated heterocycles. The molecule has 2 rings (SSSR count). The van der Waals surface area contributed by atoms with Gasteiger partial charge in [0.15, 0.2) is 5.78 Å². The molecule has 0 aromatic heterocycles. The molecule has 1 fully saturated rings. The van der Waals surface area contributed by atoms with E-state index in [4.69, 9.17) is 14.6 Å². The first-order valence-corrected chi connectivity index (χ1v) is 6.58. The van der Waals surface area contributed by atoms with Crippen molar-refractivity contribution in [1.82, 2.24) is 0 Å². The van der Waals surface area contributed by atoms with Crippen LogP contribution in [0.1, 0.15) is 50.5 Å². The predicted octanol–water partition coefficient (Wildman–Crippen LogP) is 2.06. The van der Waals surface area contributed by atoms with E-state index in [1.807, 2.05) is 33.8 Å². The summed E-state index contributed by atoms with van der Waals surface area (Å²) in [6, 6.07) is 7.03. The first kappa shape index (κ1) is 14.8. The minimum absolute atomic E-state index is 0.105. The van der Waals surface area contributed by atoms with Gasteiger partial charge in [-0.05, 0) is 52.2 Å². The van der Waals surface area contributed by atoms with Crippen molar-refractivity contribution in [3.8, 4) is 6.07 Å². The molecular weight excluding hydrogens is 253 g/mol. The molecule has 1 aromatic carbocycles. The zero-order valence-electron chi connectivity index (χ0n) is 12.5. The first-order valence-electron chi connectivity index (χ1n) is 6.58. The molecule has 1 aliphatic heterocycles. The number of hydrogen-bond donors (Lipinski definition) is 0. The van der Waals surface area contributed by atoms with Crippen LogP contribution >= 0.6 is 0 Å². The maximum Gasteiger partial charge on any atom is 0.495 e. The molecule has 0 N–H and O–H groups in total. The Morgan fingerprint density at radius 3 is 2.20 bits per heavy atom. The van der Waals surface area contributed by atoms with E-state index >= 15 is 0 Å². The summed E-state index contributed by atoms with van der Waals surface area (Å²) in [7, 11) is -0.591. The highest BCUT2D eigenvalue weighted by Gasteiger charge is 2.52. The van der Waals surface area contributed by atoms with Crippen LogP contribution in [0.15, 0.2) is 18.2 Å². The molecule has 0 aliphatic carbocycles. The van der Waals surface area contributed by atoms with Crippen LogP contribution < -0.4 is 5.46 Å². The normalized spacial score (nSPS) is 19.7. The number of carbonyl (C=O) groups excluding carboxylic acids is 1. The van der Waals surface area contributed by atoms with Crippen molar-refractivity contribution < 1.29 is 14.1 Å². The standard InChI is InChI=1S/C15H18BNO3/c1-10(18)12-8-11(9-17)6-7-13(12)16-19-14(2,3)15(4,5)20-16/h6-8H,1-5H3. The third kappa shape index (κ3) is 2.37. The van der Waals surface area contributed by atoms with Gasteiger partial charge in [-0.3, -0.25) is 4.79 Å². The number of hydrogen-bond acceptors (Lipinski definition) is 4. The van der Waals surface area contributed by atoms with E-state index in [0.717, 1.165) is 0 Å². The van der Waals surface area contributed by atoms with Crippen molar-refractivity contribution in [2.45, 2.75) is 45.8 Å². The summed E-state index contributed by atoms with van der Waals surface area (Å²) >= 11 is 0. The van der Waals surface area contributed by atoms with Gasteiger partial charge in [-0.15, -0.1) is 0 Å². The summed E-state index contributed by atoms with van der Waals surface area (Å²) in [5, 5.41) is 8.94. The van der Waals surface area contributed by atoms with Gasteiger partial charge in [-0.1, -0.05) is 6.07 Å². The van der Waals surface area contributed by atoms with Gasteiger partial charge >= 0.3 is 7.12 Å². The van der Waals surface area contributed by atoms with E-state index in [-0.39, 0.29) is 5.78 Å². The maximum absolute atomic E-state index is 11.8. The molecule has 0 unspecified atom stereocenters. The van der Waals surface area contributed by atoms with E-state index in [9.17, 15) is 4.79 Å². The quantitative estimate of drug-likeness (QED) is 0.610. The number of benzene rings is 1.